The number of rotatable bonds is 7. The Labute approximate surface area is 182 Å². The van der Waals surface area contributed by atoms with Crippen LogP contribution in [0.1, 0.15) is 48.8 Å². The summed E-state index contributed by atoms with van der Waals surface area (Å²) in [6.45, 7) is 8.64. The van der Waals surface area contributed by atoms with E-state index in [1.165, 1.54) is 0 Å². The number of carbonyl (C=O) groups is 1. The Hall–Kier alpha value is -3.41. The van der Waals surface area contributed by atoms with E-state index in [2.05, 4.69) is 5.32 Å². The van der Waals surface area contributed by atoms with Gasteiger partial charge in [0.25, 0.3) is 0 Å². The molecule has 160 valence electrons. The minimum atomic E-state index is -0.0672. The van der Waals surface area contributed by atoms with E-state index in [1.807, 2.05) is 80.7 Å². The van der Waals surface area contributed by atoms with Crippen LogP contribution >= 0.6 is 0 Å². The second kappa shape index (κ2) is 8.76. The zero-order chi connectivity index (χ0) is 22.0. The molecule has 6 nitrogen and oxygen atoms in total. The zero-order valence-corrected chi connectivity index (χ0v) is 18.5. The van der Waals surface area contributed by atoms with Gasteiger partial charge in [-0.15, -0.1) is 0 Å². The maximum absolute atomic E-state index is 12.6. The predicted octanol–water partition coefficient (Wildman–Crippen LogP) is 4.71. The Balaban J connectivity index is 1.45. The van der Waals surface area contributed by atoms with E-state index in [0.717, 1.165) is 44.8 Å². The molecule has 0 radical (unpaired) electrons. The molecule has 2 aromatic heterocycles. The smallest absolute Gasteiger partial charge is 0.220 e. The van der Waals surface area contributed by atoms with Gasteiger partial charge in [-0.05, 0) is 69.5 Å². The molecule has 1 unspecified atom stereocenters. The molecule has 4 rings (SSSR count). The van der Waals surface area contributed by atoms with Crippen molar-refractivity contribution in [3.63, 3.8) is 0 Å². The molecule has 0 fully saturated rings. The summed E-state index contributed by atoms with van der Waals surface area (Å²) in [6, 6.07) is 15.8. The topological polar surface area (TPSA) is 68.5 Å². The van der Waals surface area contributed by atoms with Crippen molar-refractivity contribution in [3.8, 4) is 5.75 Å². The van der Waals surface area contributed by atoms with Gasteiger partial charge in [0, 0.05) is 23.2 Å². The van der Waals surface area contributed by atoms with E-state index in [9.17, 15) is 4.79 Å². The highest BCUT2D eigenvalue weighted by Crippen LogP contribution is 2.23. The Bertz CT molecular complexity index is 1230. The predicted molar refractivity (Wildman–Crippen MR) is 122 cm³/mol. The molecule has 0 bridgehead atoms. The Morgan fingerprint density at radius 3 is 2.61 bits per heavy atom. The van der Waals surface area contributed by atoms with Crippen LogP contribution in [-0.4, -0.2) is 27.1 Å². The molecule has 2 aromatic carbocycles. The monoisotopic (exact) mass is 416 g/mol. The summed E-state index contributed by atoms with van der Waals surface area (Å²) in [5.74, 6) is 0.857. The molecule has 0 aliphatic rings. The summed E-state index contributed by atoms with van der Waals surface area (Å²) in [7, 11) is 0. The number of ether oxygens (including phenoxy) is 1. The maximum atomic E-state index is 12.6. The van der Waals surface area contributed by atoms with Crippen LogP contribution in [0.4, 0.5) is 0 Å². The molecule has 0 saturated carbocycles. The summed E-state index contributed by atoms with van der Waals surface area (Å²) < 4.78 is 7.38. The second-order valence-corrected chi connectivity index (χ2v) is 7.80. The van der Waals surface area contributed by atoms with Gasteiger partial charge in [-0.3, -0.25) is 4.79 Å². The number of aryl methyl sites for hydroxylation is 2. The van der Waals surface area contributed by atoms with Gasteiger partial charge in [0.15, 0.2) is 5.65 Å². The Morgan fingerprint density at radius 2 is 1.87 bits per heavy atom. The van der Waals surface area contributed by atoms with Crippen LogP contribution in [-0.2, 0) is 11.2 Å². The molecule has 31 heavy (non-hydrogen) atoms. The second-order valence-electron chi connectivity index (χ2n) is 7.80. The third kappa shape index (κ3) is 4.24. The number of hydrogen-bond donors (Lipinski definition) is 1. The highest BCUT2D eigenvalue weighted by atomic mass is 16.5. The van der Waals surface area contributed by atoms with Gasteiger partial charge in [-0.1, -0.05) is 24.3 Å². The van der Waals surface area contributed by atoms with Crippen LogP contribution in [0.15, 0.2) is 48.5 Å². The standard InChI is InChI=1S/C25H28N4O2/c1-5-31-20-12-10-19(11-13-20)16(2)26-24(30)15-14-21-17(3)27-25-22-8-6-7-9-23(22)28-29(25)18(21)4/h6-13,16H,5,14-15H2,1-4H3,(H,26,30). The summed E-state index contributed by atoms with van der Waals surface area (Å²) in [5.41, 5.74) is 5.90. The molecule has 0 aliphatic carbocycles. The van der Waals surface area contributed by atoms with Crippen molar-refractivity contribution in [1.29, 1.82) is 0 Å². The van der Waals surface area contributed by atoms with Gasteiger partial charge in [-0.2, -0.15) is 5.10 Å². The van der Waals surface area contributed by atoms with Crippen LogP contribution < -0.4 is 10.1 Å². The molecular formula is C25H28N4O2. The van der Waals surface area contributed by atoms with Gasteiger partial charge in [0.2, 0.25) is 5.91 Å². The fraction of sp³-hybridized carbons (Fsp3) is 0.320. The van der Waals surface area contributed by atoms with Crippen molar-refractivity contribution < 1.29 is 9.53 Å². The van der Waals surface area contributed by atoms with E-state index >= 15 is 0 Å². The van der Waals surface area contributed by atoms with Gasteiger partial charge in [-0.25, -0.2) is 9.50 Å². The van der Waals surface area contributed by atoms with Crippen molar-refractivity contribution in [1.82, 2.24) is 19.9 Å². The van der Waals surface area contributed by atoms with Crippen molar-refractivity contribution in [2.45, 2.75) is 46.6 Å². The van der Waals surface area contributed by atoms with Gasteiger partial charge in [0.1, 0.15) is 5.75 Å². The normalized spacial score (nSPS) is 12.3. The Kier molecular flexibility index (Phi) is 5.89. The number of nitrogens with zero attached hydrogens (tertiary/aromatic N) is 3. The highest BCUT2D eigenvalue weighted by molar-refractivity contribution is 5.92. The number of nitrogens with one attached hydrogen (secondary N) is 1. The van der Waals surface area contributed by atoms with E-state index in [-0.39, 0.29) is 11.9 Å². The summed E-state index contributed by atoms with van der Waals surface area (Å²) in [6.07, 6.45) is 1.02. The quantitative estimate of drug-likeness (QED) is 0.474. The van der Waals surface area contributed by atoms with Crippen LogP contribution in [0.5, 0.6) is 5.75 Å². The molecular weight excluding hydrogens is 388 g/mol. The minimum Gasteiger partial charge on any atom is -0.494 e. The SMILES string of the molecule is CCOc1ccc(C(C)NC(=O)CCc2c(C)nc3c4ccccc4nn3c2C)cc1. The first-order valence-electron chi connectivity index (χ1n) is 10.7. The largest absolute Gasteiger partial charge is 0.494 e. The van der Waals surface area contributed by atoms with E-state index in [0.29, 0.717) is 19.4 Å². The number of hydrogen-bond acceptors (Lipinski definition) is 4. The van der Waals surface area contributed by atoms with Crippen molar-refractivity contribution in [2.75, 3.05) is 6.61 Å². The third-order valence-electron chi connectivity index (χ3n) is 5.69. The molecule has 6 heteroatoms. The van der Waals surface area contributed by atoms with Crippen LogP contribution in [0.3, 0.4) is 0 Å². The lowest BCUT2D eigenvalue weighted by Gasteiger charge is -2.16. The van der Waals surface area contributed by atoms with Crippen molar-refractivity contribution in [3.05, 3.63) is 71.0 Å². The fourth-order valence-corrected chi connectivity index (χ4v) is 3.99. The van der Waals surface area contributed by atoms with Crippen molar-refractivity contribution >= 4 is 22.5 Å². The average molecular weight is 417 g/mol. The van der Waals surface area contributed by atoms with Crippen LogP contribution in [0.25, 0.3) is 16.6 Å². The molecule has 1 N–H and O–H groups in total. The summed E-state index contributed by atoms with van der Waals surface area (Å²) >= 11 is 0. The lowest BCUT2D eigenvalue weighted by Crippen LogP contribution is -2.27. The maximum Gasteiger partial charge on any atom is 0.220 e. The van der Waals surface area contributed by atoms with Crippen LogP contribution in [0.2, 0.25) is 0 Å². The first-order chi connectivity index (χ1) is 15.0. The number of fused-ring (bicyclic) bond motifs is 3. The first-order valence-corrected chi connectivity index (χ1v) is 10.7. The van der Waals surface area contributed by atoms with Gasteiger partial charge >= 0.3 is 0 Å². The molecule has 1 amide bonds. The third-order valence-corrected chi connectivity index (χ3v) is 5.69. The number of carbonyl (C=O) groups excluding carboxylic acids is 1. The average Bonchev–Trinajstić information content (AvgIpc) is 3.13. The minimum absolute atomic E-state index is 0.0194. The van der Waals surface area contributed by atoms with E-state index in [1.54, 1.807) is 0 Å². The zero-order valence-electron chi connectivity index (χ0n) is 18.5. The van der Waals surface area contributed by atoms with Gasteiger partial charge < -0.3 is 10.1 Å². The molecule has 0 spiro atoms. The number of amides is 1. The van der Waals surface area contributed by atoms with E-state index in [4.69, 9.17) is 14.8 Å². The van der Waals surface area contributed by atoms with E-state index < -0.39 is 0 Å². The molecule has 1 atom stereocenters. The summed E-state index contributed by atoms with van der Waals surface area (Å²) in [5, 5.41) is 8.83. The molecule has 0 aliphatic heterocycles. The van der Waals surface area contributed by atoms with Crippen molar-refractivity contribution in [2.24, 2.45) is 0 Å². The highest BCUT2D eigenvalue weighted by Gasteiger charge is 2.16. The summed E-state index contributed by atoms with van der Waals surface area (Å²) in [4.78, 5) is 17.4. The molecule has 0 saturated heterocycles. The molecule has 2 heterocycles. The Morgan fingerprint density at radius 1 is 1.13 bits per heavy atom. The van der Waals surface area contributed by atoms with Crippen LogP contribution in [0, 0.1) is 13.8 Å². The first kappa shape index (κ1) is 20.8. The lowest BCUT2D eigenvalue weighted by atomic mass is 10.0. The lowest BCUT2D eigenvalue weighted by molar-refractivity contribution is -0.121. The van der Waals surface area contributed by atoms with Gasteiger partial charge in [0.05, 0.1) is 18.2 Å². The molecule has 4 aromatic rings. The number of aromatic nitrogens is 3. The fourth-order valence-electron chi connectivity index (χ4n) is 3.99. The number of benzene rings is 2.